The van der Waals surface area contributed by atoms with Gasteiger partial charge in [0, 0.05) is 23.6 Å². The van der Waals surface area contributed by atoms with Crippen molar-refractivity contribution >= 4 is 17.0 Å². The monoisotopic (exact) mass is 227 g/mol. The van der Waals surface area contributed by atoms with E-state index in [2.05, 4.69) is 48.5 Å². The van der Waals surface area contributed by atoms with Gasteiger partial charge in [-0.25, -0.2) is 0 Å². The van der Waals surface area contributed by atoms with Crippen molar-refractivity contribution in [1.29, 1.82) is 0 Å². The molecule has 1 aromatic heterocycles. The molecule has 1 aromatic carbocycles. The lowest BCUT2D eigenvalue weighted by Crippen LogP contribution is -1.95. The molecule has 0 fully saturated rings. The van der Waals surface area contributed by atoms with Gasteiger partial charge < -0.3 is 4.57 Å². The van der Waals surface area contributed by atoms with E-state index < -0.39 is 0 Å². The highest BCUT2D eigenvalue weighted by atomic mass is 15.0. The molecule has 1 heterocycles. The molecule has 0 saturated carbocycles. The van der Waals surface area contributed by atoms with E-state index in [0.717, 1.165) is 6.54 Å². The van der Waals surface area contributed by atoms with Gasteiger partial charge in [-0.1, -0.05) is 57.0 Å². The van der Waals surface area contributed by atoms with E-state index in [1.165, 1.54) is 42.1 Å². The van der Waals surface area contributed by atoms with Gasteiger partial charge in [-0.05, 0) is 18.1 Å². The van der Waals surface area contributed by atoms with Gasteiger partial charge in [-0.3, -0.25) is 0 Å². The Morgan fingerprint density at radius 3 is 2.76 bits per heavy atom. The van der Waals surface area contributed by atoms with Crippen molar-refractivity contribution in [2.75, 3.05) is 0 Å². The molecule has 0 radical (unpaired) electrons. The number of aryl methyl sites for hydroxylation is 1. The van der Waals surface area contributed by atoms with Crippen molar-refractivity contribution in [1.82, 2.24) is 4.57 Å². The first-order valence-electron chi connectivity index (χ1n) is 6.57. The van der Waals surface area contributed by atoms with E-state index in [1.807, 2.05) is 6.08 Å². The molecule has 0 unspecified atom stereocenters. The molecule has 0 amide bonds. The van der Waals surface area contributed by atoms with Crippen molar-refractivity contribution in [2.24, 2.45) is 0 Å². The van der Waals surface area contributed by atoms with Crippen LogP contribution in [0.2, 0.25) is 0 Å². The lowest BCUT2D eigenvalue weighted by Gasteiger charge is -2.04. The second-order valence-electron chi connectivity index (χ2n) is 4.56. The van der Waals surface area contributed by atoms with E-state index in [1.54, 1.807) is 0 Å². The fraction of sp³-hybridized carbons (Fsp3) is 0.375. The minimum Gasteiger partial charge on any atom is -0.347 e. The molecule has 0 bridgehead atoms. The van der Waals surface area contributed by atoms with Crippen molar-refractivity contribution in [3.8, 4) is 0 Å². The Balaban J connectivity index is 2.19. The van der Waals surface area contributed by atoms with Crippen LogP contribution in [0.5, 0.6) is 0 Å². The number of fused-ring (bicyclic) bond motifs is 1. The van der Waals surface area contributed by atoms with Crippen LogP contribution in [0.4, 0.5) is 0 Å². The number of hydrogen-bond acceptors (Lipinski definition) is 0. The van der Waals surface area contributed by atoms with Crippen LogP contribution in [0.15, 0.2) is 37.0 Å². The standard InChI is InChI=1S/C16H21N/c1-3-5-6-9-12-17-13-14(4-2)15-10-7-8-11-16(15)17/h4,7-8,10-11,13H,2-3,5-6,9,12H2,1H3. The first kappa shape index (κ1) is 12.0. The molecule has 1 nitrogen and oxygen atoms in total. The molecule has 0 saturated heterocycles. The summed E-state index contributed by atoms with van der Waals surface area (Å²) in [4.78, 5) is 0. The molecule has 2 aromatic rings. The van der Waals surface area contributed by atoms with Gasteiger partial charge >= 0.3 is 0 Å². The summed E-state index contributed by atoms with van der Waals surface area (Å²) in [5.41, 5.74) is 2.58. The molecular formula is C16H21N. The minimum atomic E-state index is 1.12. The SMILES string of the molecule is C=Cc1cn(CCCCCC)c2ccccc12. The van der Waals surface area contributed by atoms with Gasteiger partial charge in [0.2, 0.25) is 0 Å². The Bertz CT molecular complexity index is 493. The second-order valence-corrected chi connectivity index (χ2v) is 4.56. The predicted molar refractivity (Wildman–Crippen MR) is 76.2 cm³/mol. The number of benzene rings is 1. The Morgan fingerprint density at radius 1 is 1.18 bits per heavy atom. The maximum absolute atomic E-state index is 3.89. The van der Waals surface area contributed by atoms with Crippen molar-refractivity contribution in [2.45, 2.75) is 39.2 Å². The smallest absolute Gasteiger partial charge is 0.0486 e. The Hall–Kier alpha value is -1.50. The number of hydrogen-bond donors (Lipinski definition) is 0. The normalized spacial score (nSPS) is 10.9. The third kappa shape index (κ3) is 2.60. The molecule has 90 valence electrons. The van der Waals surface area contributed by atoms with Crippen LogP contribution in [0.1, 0.15) is 38.2 Å². The Morgan fingerprint density at radius 2 is 2.00 bits per heavy atom. The highest BCUT2D eigenvalue weighted by molar-refractivity contribution is 5.89. The van der Waals surface area contributed by atoms with Crippen LogP contribution < -0.4 is 0 Å². The van der Waals surface area contributed by atoms with E-state index in [-0.39, 0.29) is 0 Å². The number of rotatable bonds is 6. The van der Waals surface area contributed by atoms with Crippen LogP contribution >= 0.6 is 0 Å². The fourth-order valence-electron chi connectivity index (χ4n) is 2.33. The van der Waals surface area contributed by atoms with Gasteiger partial charge in [0.05, 0.1) is 0 Å². The lowest BCUT2D eigenvalue weighted by atomic mass is 10.2. The van der Waals surface area contributed by atoms with Crippen LogP contribution in [0.25, 0.3) is 17.0 Å². The third-order valence-electron chi connectivity index (χ3n) is 3.29. The van der Waals surface area contributed by atoms with Gasteiger partial charge in [-0.2, -0.15) is 0 Å². The molecule has 0 spiro atoms. The van der Waals surface area contributed by atoms with Gasteiger partial charge in [-0.15, -0.1) is 0 Å². The molecule has 17 heavy (non-hydrogen) atoms. The fourth-order valence-corrected chi connectivity index (χ4v) is 2.33. The molecule has 0 aliphatic rings. The summed E-state index contributed by atoms with van der Waals surface area (Å²) < 4.78 is 2.36. The summed E-state index contributed by atoms with van der Waals surface area (Å²) in [5.74, 6) is 0. The molecular weight excluding hydrogens is 206 g/mol. The third-order valence-corrected chi connectivity index (χ3v) is 3.29. The second kappa shape index (κ2) is 5.72. The Labute approximate surface area is 104 Å². The number of unbranched alkanes of at least 4 members (excludes halogenated alkanes) is 3. The van der Waals surface area contributed by atoms with Crippen LogP contribution in [-0.2, 0) is 6.54 Å². The number of nitrogens with zero attached hydrogens (tertiary/aromatic N) is 1. The Kier molecular flexibility index (Phi) is 4.03. The van der Waals surface area contributed by atoms with Crippen molar-refractivity contribution in [3.05, 3.63) is 42.6 Å². The molecule has 1 heteroatoms. The summed E-state index contributed by atoms with van der Waals surface area (Å²) in [7, 11) is 0. The summed E-state index contributed by atoms with van der Waals surface area (Å²) in [6.07, 6.45) is 9.40. The van der Waals surface area contributed by atoms with E-state index in [4.69, 9.17) is 0 Å². The summed E-state index contributed by atoms with van der Waals surface area (Å²) in [5, 5.41) is 1.32. The quantitative estimate of drug-likeness (QED) is 0.621. The van der Waals surface area contributed by atoms with Crippen LogP contribution in [0.3, 0.4) is 0 Å². The molecule has 2 rings (SSSR count). The largest absolute Gasteiger partial charge is 0.347 e. The maximum atomic E-state index is 3.89. The first-order chi connectivity index (χ1) is 8.36. The molecule has 0 N–H and O–H groups in total. The van der Waals surface area contributed by atoms with Gasteiger partial charge in [0.15, 0.2) is 0 Å². The zero-order chi connectivity index (χ0) is 12.1. The van der Waals surface area contributed by atoms with Crippen molar-refractivity contribution in [3.63, 3.8) is 0 Å². The molecule has 0 aliphatic heterocycles. The van der Waals surface area contributed by atoms with E-state index in [9.17, 15) is 0 Å². The minimum absolute atomic E-state index is 1.12. The lowest BCUT2D eigenvalue weighted by molar-refractivity contribution is 0.593. The van der Waals surface area contributed by atoms with Gasteiger partial charge in [0.25, 0.3) is 0 Å². The average molecular weight is 227 g/mol. The highest BCUT2D eigenvalue weighted by Gasteiger charge is 2.04. The first-order valence-corrected chi connectivity index (χ1v) is 6.57. The molecule has 0 atom stereocenters. The average Bonchev–Trinajstić information content (AvgIpc) is 2.73. The zero-order valence-corrected chi connectivity index (χ0v) is 10.7. The number of para-hydroxylation sites is 1. The van der Waals surface area contributed by atoms with Crippen LogP contribution in [-0.4, -0.2) is 4.57 Å². The van der Waals surface area contributed by atoms with E-state index in [0.29, 0.717) is 0 Å². The van der Waals surface area contributed by atoms with E-state index >= 15 is 0 Å². The van der Waals surface area contributed by atoms with Gasteiger partial charge in [0.1, 0.15) is 0 Å². The summed E-state index contributed by atoms with van der Waals surface area (Å²) in [6, 6.07) is 8.57. The zero-order valence-electron chi connectivity index (χ0n) is 10.7. The maximum Gasteiger partial charge on any atom is 0.0486 e. The van der Waals surface area contributed by atoms with Crippen molar-refractivity contribution < 1.29 is 0 Å². The number of aromatic nitrogens is 1. The predicted octanol–water partition coefficient (Wildman–Crippen LogP) is 4.86. The molecule has 0 aliphatic carbocycles. The van der Waals surface area contributed by atoms with Crippen LogP contribution in [0, 0.1) is 0 Å². The highest BCUT2D eigenvalue weighted by Crippen LogP contribution is 2.22. The summed E-state index contributed by atoms with van der Waals surface area (Å²) >= 11 is 0. The summed E-state index contributed by atoms with van der Waals surface area (Å²) in [6.45, 7) is 7.26. The topological polar surface area (TPSA) is 4.93 Å².